The number of β-amino-alcohol motifs (C(OH)–C–C–N with tert-alkyl or cyclic N) is 1. The van der Waals surface area contributed by atoms with Gasteiger partial charge >= 0.3 is 0 Å². The zero-order chi connectivity index (χ0) is 36.4. The third-order valence-electron chi connectivity index (χ3n) is 10.5. The number of amides is 1. The van der Waals surface area contributed by atoms with E-state index in [1.165, 1.54) is 18.5 Å². The van der Waals surface area contributed by atoms with Crippen LogP contribution in [0, 0.1) is 5.95 Å². The number of ether oxygens (including phenoxy) is 1. The molecule has 3 heterocycles. The minimum absolute atomic E-state index is 0.0929. The Hall–Kier alpha value is -4.40. The number of halogens is 3. The number of nitrogen functional groups attached to an aromatic ring is 1. The smallest absolute Gasteiger partial charge is 0.271 e. The number of aliphatic hydroxyl groups is 2. The average Bonchev–Trinajstić information content (AvgIpc) is 3.70. The number of aliphatic hydroxyl groups excluding tert-OH is 2. The predicted molar refractivity (Wildman–Crippen MR) is 190 cm³/mol. The van der Waals surface area contributed by atoms with Crippen LogP contribution >= 0.6 is 0 Å². The van der Waals surface area contributed by atoms with Crippen LogP contribution in [0.15, 0.2) is 73.1 Å². The van der Waals surface area contributed by atoms with Gasteiger partial charge in [-0.1, -0.05) is 42.5 Å². The van der Waals surface area contributed by atoms with Crippen molar-refractivity contribution in [3.05, 3.63) is 101 Å². The molecule has 2 aromatic carbocycles. The van der Waals surface area contributed by atoms with E-state index in [-0.39, 0.29) is 42.5 Å². The molecule has 0 spiro atoms. The highest BCUT2D eigenvalue weighted by atomic mass is 19.3. The van der Waals surface area contributed by atoms with Gasteiger partial charge < -0.3 is 26.0 Å². The second-order valence-corrected chi connectivity index (χ2v) is 14.0. The number of pyridine rings is 2. The Kier molecular flexibility index (Phi) is 10.6. The van der Waals surface area contributed by atoms with Gasteiger partial charge in [0.1, 0.15) is 5.82 Å². The maximum atomic E-state index is 15.5. The van der Waals surface area contributed by atoms with Crippen LogP contribution in [-0.2, 0) is 17.8 Å². The first-order valence-corrected chi connectivity index (χ1v) is 17.7. The van der Waals surface area contributed by atoms with Crippen LogP contribution in [0.5, 0.6) is 0 Å². The van der Waals surface area contributed by atoms with Gasteiger partial charge in [0.25, 0.3) is 11.8 Å². The highest BCUT2D eigenvalue weighted by Crippen LogP contribution is 2.48. The summed E-state index contributed by atoms with van der Waals surface area (Å²) in [5.41, 5.74) is 11.6. The Labute approximate surface area is 300 Å². The molecule has 1 unspecified atom stereocenters. The number of piperazine rings is 1. The normalized spacial score (nSPS) is 22.3. The average molecular weight is 717 g/mol. The molecule has 1 saturated carbocycles. The summed E-state index contributed by atoms with van der Waals surface area (Å²) in [5, 5.41) is 22.0. The Balaban J connectivity index is 0.953. The summed E-state index contributed by atoms with van der Waals surface area (Å²) in [4.78, 5) is 25.0. The van der Waals surface area contributed by atoms with E-state index < -0.39 is 24.0 Å². The summed E-state index contributed by atoms with van der Waals surface area (Å²) >= 11 is 0. The molecule has 1 saturated heterocycles. The SMILES string of the molecule is Nc1ncc(-c2ccc(F)nc2)cc1C(=O)N[C@H]1CCC[C@@H]1OCc1ccc(-c2ccc3c(c2)CC(F)(F)C3N2CCN(C[C@H](O)CO)CC2)cc1. The molecule has 7 rings (SSSR count). The van der Waals surface area contributed by atoms with Gasteiger partial charge in [0, 0.05) is 62.7 Å². The molecule has 10 nitrogen and oxygen atoms in total. The van der Waals surface area contributed by atoms with Crippen molar-refractivity contribution in [3.63, 3.8) is 0 Å². The van der Waals surface area contributed by atoms with E-state index in [4.69, 9.17) is 15.6 Å². The molecule has 5 N–H and O–H groups in total. The number of nitrogens with one attached hydrogen (secondary N) is 1. The minimum Gasteiger partial charge on any atom is -0.394 e. The lowest BCUT2D eigenvalue weighted by Gasteiger charge is -2.40. The summed E-state index contributed by atoms with van der Waals surface area (Å²) in [5.74, 6) is -3.75. The van der Waals surface area contributed by atoms with Gasteiger partial charge in [0.15, 0.2) is 0 Å². The molecular formula is C39H43F3N6O4. The summed E-state index contributed by atoms with van der Waals surface area (Å²) in [6.45, 7) is 2.41. The lowest BCUT2D eigenvalue weighted by atomic mass is 9.98. The van der Waals surface area contributed by atoms with Crippen LogP contribution in [0.3, 0.4) is 0 Å². The van der Waals surface area contributed by atoms with Crippen molar-refractivity contribution in [2.45, 2.75) is 62.5 Å². The lowest BCUT2D eigenvalue weighted by Crippen LogP contribution is -2.52. The van der Waals surface area contributed by atoms with Gasteiger partial charge in [-0.3, -0.25) is 14.6 Å². The first-order chi connectivity index (χ1) is 25.1. The third-order valence-corrected chi connectivity index (χ3v) is 10.5. The first kappa shape index (κ1) is 36.0. The fraction of sp³-hybridized carbons (Fsp3) is 0.410. The number of benzene rings is 2. The number of alkyl halides is 2. The molecule has 4 atom stereocenters. The van der Waals surface area contributed by atoms with Crippen molar-refractivity contribution < 1.29 is 32.9 Å². The van der Waals surface area contributed by atoms with Gasteiger partial charge in [-0.05, 0) is 65.3 Å². The number of nitrogens with two attached hydrogens (primary N) is 1. The number of carbonyl (C=O) groups excluding carboxylic acids is 1. The number of hydrogen-bond acceptors (Lipinski definition) is 9. The Morgan fingerprint density at radius 2 is 1.69 bits per heavy atom. The fourth-order valence-corrected chi connectivity index (χ4v) is 7.70. The number of carbonyl (C=O) groups is 1. The number of aromatic nitrogens is 2. The summed E-state index contributed by atoms with van der Waals surface area (Å²) in [6, 6.07) is 16.7. The predicted octanol–water partition coefficient (Wildman–Crippen LogP) is 4.60. The molecule has 0 radical (unpaired) electrons. The largest absolute Gasteiger partial charge is 0.394 e. The second kappa shape index (κ2) is 15.3. The Bertz CT molecular complexity index is 1870. The molecule has 2 aromatic heterocycles. The molecule has 52 heavy (non-hydrogen) atoms. The molecule has 3 aliphatic rings. The molecule has 0 bridgehead atoms. The molecule has 1 aliphatic heterocycles. The zero-order valence-corrected chi connectivity index (χ0v) is 28.7. The lowest BCUT2D eigenvalue weighted by molar-refractivity contribution is -0.0838. The van der Waals surface area contributed by atoms with Gasteiger partial charge in [-0.2, -0.15) is 4.39 Å². The second-order valence-electron chi connectivity index (χ2n) is 14.0. The number of nitrogens with zero attached hydrogens (tertiary/aromatic N) is 4. The molecule has 13 heteroatoms. The standard InChI is InChI=1S/C39H43F3N6O4/c40-35-11-9-27(19-44-35)29-17-32(37(43)45-20-29)38(51)46-33-2-1-3-34(33)52-23-24-4-6-25(7-5-24)26-8-10-31-28(16-26)18-39(41,42)36(31)48-14-12-47(13-15-48)21-30(50)22-49/h4-11,16-17,19-20,30,33-34,36,49-50H,1-3,12-15,18,21-23H2,(H2,43,45)(H,46,51)/t30-,33-,34-,36?/m0/s1. The van der Waals surface area contributed by atoms with E-state index in [1.807, 2.05) is 52.3 Å². The molecule has 1 amide bonds. The quantitative estimate of drug-likeness (QED) is 0.164. The molecule has 2 fully saturated rings. The van der Waals surface area contributed by atoms with Crippen molar-refractivity contribution in [3.8, 4) is 22.3 Å². The molecular weight excluding hydrogens is 673 g/mol. The van der Waals surface area contributed by atoms with E-state index in [2.05, 4.69) is 15.3 Å². The van der Waals surface area contributed by atoms with E-state index in [0.29, 0.717) is 61.6 Å². The van der Waals surface area contributed by atoms with Crippen LogP contribution < -0.4 is 11.1 Å². The molecule has 2 aliphatic carbocycles. The van der Waals surface area contributed by atoms with Crippen molar-refractivity contribution in [1.82, 2.24) is 25.1 Å². The van der Waals surface area contributed by atoms with Gasteiger partial charge in [-0.15, -0.1) is 0 Å². The van der Waals surface area contributed by atoms with Crippen LogP contribution in [0.1, 0.15) is 52.4 Å². The van der Waals surface area contributed by atoms with Gasteiger partial charge in [-0.25, -0.2) is 18.7 Å². The summed E-state index contributed by atoms with van der Waals surface area (Å²) < 4.78 is 50.5. The van der Waals surface area contributed by atoms with Gasteiger partial charge in [0.2, 0.25) is 5.95 Å². The van der Waals surface area contributed by atoms with Gasteiger partial charge in [0.05, 0.1) is 43.1 Å². The summed E-state index contributed by atoms with van der Waals surface area (Å²) in [6.07, 6.45) is 4.01. The number of fused-ring (bicyclic) bond motifs is 1. The van der Waals surface area contributed by atoms with Crippen LogP contribution in [0.4, 0.5) is 19.0 Å². The van der Waals surface area contributed by atoms with E-state index in [1.54, 1.807) is 12.1 Å². The number of anilines is 1. The monoisotopic (exact) mass is 716 g/mol. The van der Waals surface area contributed by atoms with Crippen LogP contribution in [0.2, 0.25) is 0 Å². The fourth-order valence-electron chi connectivity index (χ4n) is 7.70. The van der Waals surface area contributed by atoms with Crippen molar-refractivity contribution in [2.24, 2.45) is 0 Å². The number of rotatable bonds is 11. The first-order valence-electron chi connectivity index (χ1n) is 17.7. The van der Waals surface area contributed by atoms with Crippen LogP contribution in [0.25, 0.3) is 22.3 Å². The van der Waals surface area contributed by atoms with Crippen molar-refractivity contribution >= 4 is 11.7 Å². The van der Waals surface area contributed by atoms with Crippen molar-refractivity contribution in [1.29, 1.82) is 0 Å². The third kappa shape index (κ3) is 7.83. The summed E-state index contributed by atoms with van der Waals surface area (Å²) in [7, 11) is 0. The zero-order valence-electron chi connectivity index (χ0n) is 28.7. The Morgan fingerprint density at radius 1 is 0.962 bits per heavy atom. The maximum absolute atomic E-state index is 15.5. The highest BCUT2D eigenvalue weighted by Gasteiger charge is 2.50. The molecule has 4 aromatic rings. The Morgan fingerprint density at radius 3 is 2.42 bits per heavy atom. The molecule has 274 valence electrons. The number of hydrogen-bond donors (Lipinski definition) is 4. The van der Waals surface area contributed by atoms with E-state index in [0.717, 1.165) is 36.0 Å². The van der Waals surface area contributed by atoms with E-state index in [9.17, 15) is 14.3 Å². The topological polar surface area (TPSA) is 137 Å². The maximum Gasteiger partial charge on any atom is 0.271 e. The highest BCUT2D eigenvalue weighted by molar-refractivity contribution is 5.99. The van der Waals surface area contributed by atoms with Crippen molar-refractivity contribution in [2.75, 3.05) is 45.1 Å². The minimum atomic E-state index is -2.89. The van der Waals surface area contributed by atoms with Crippen LogP contribution in [-0.4, -0.2) is 99.4 Å². The van der Waals surface area contributed by atoms with E-state index >= 15 is 8.78 Å².